The molecule has 1 fully saturated rings. The molecule has 3 unspecified atom stereocenters. The van der Waals surface area contributed by atoms with E-state index in [0.29, 0.717) is 6.04 Å². The Labute approximate surface area is 116 Å². The van der Waals surface area contributed by atoms with Crippen molar-refractivity contribution in [2.24, 2.45) is 5.92 Å². The third kappa shape index (κ3) is 3.76. The van der Waals surface area contributed by atoms with Gasteiger partial charge in [-0.25, -0.2) is 0 Å². The molecule has 18 heavy (non-hydrogen) atoms. The Kier molecular flexibility index (Phi) is 5.13. The molecular weight excluding hydrogens is 238 g/mol. The van der Waals surface area contributed by atoms with Crippen LogP contribution < -0.4 is 5.32 Å². The number of hydrogen-bond acceptors (Lipinski definition) is 2. The van der Waals surface area contributed by atoms with Crippen LogP contribution >= 0.6 is 11.8 Å². The van der Waals surface area contributed by atoms with Gasteiger partial charge in [0, 0.05) is 16.2 Å². The lowest BCUT2D eigenvalue weighted by molar-refractivity contribution is 0.394. The fourth-order valence-corrected chi connectivity index (χ4v) is 4.07. The predicted molar refractivity (Wildman–Crippen MR) is 81.2 cm³/mol. The summed E-state index contributed by atoms with van der Waals surface area (Å²) in [6, 6.07) is 9.53. The second kappa shape index (κ2) is 6.63. The molecular formula is C16H25NS. The first kappa shape index (κ1) is 14.0. The third-order valence-corrected chi connectivity index (χ3v) is 5.31. The van der Waals surface area contributed by atoms with Gasteiger partial charge in [-0.05, 0) is 50.4 Å². The molecule has 1 nitrogen and oxygen atoms in total. The SMILES string of the molecule is CNC(C)c1ccc(SC2CCCC(C)C2)cc1. The molecule has 0 heterocycles. The summed E-state index contributed by atoms with van der Waals surface area (Å²) in [7, 11) is 2.01. The topological polar surface area (TPSA) is 12.0 Å². The Bertz CT molecular complexity index is 360. The summed E-state index contributed by atoms with van der Waals surface area (Å²) in [5.41, 5.74) is 1.37. The maximum atomic E-state index is 3.28. The van der Waals surface area contributed by atoms with Gasteiger partial charge in [0.05, 0.1) is 0 Å². The van der Waals surface area contributed by atoms with Gasteiger partial charge < -0.3 is 5.32 Å². The van der Waals surface area contributed by atoms with Crippen LogP contribution in [0.5, 0.6) is 0 Å². The Morgan fingerprint density at radius 1 is 1.22 bits per heavy atom. The molecule has 0 saturated heterocycles. The number of benzene rings is 1. The van der Waals surface area contributed by atoms with Crippen LogP contribution in [0.25, 0.3) is 0 Å². The predicted octanol–water partition coefficient (Wildman–Crippen LogP) is 4.64. The van der Waals surface area contributed by atoms with Gasteiger partial charge in [-0.15, -0.1) is 11.8 Å². The van der Waals surface area contributed by atoms with E-state index in [0.717, 1.165) is 11.2 Å². The fourth-order valence-electron chi connectivity index (χ4n) is 2.68. The largest absolute Gasteiger partial charge is 0.313 e. The summed E-state index contributed by atoms with van der Waals surface area (Å²) in [5, 5.41) is 4.12. The van der Waals surface area contributed by atoms with Crippen molar-refractivity contribution < 1.29 is 0 Å². The van der Waals surface area contributed by atoms with Gasteiger partial charge in [-0.1, -0.05) is 31.9 Å². The zero-order valence-electron chi connectivity index (χ0n) is 11.8. The summed E-state index contributed by atoms with van der Waals surface area (Å²) < 4.78 is 0. The lowest BCUT2D eigenvalue weighted by Crippen LogP contribution is -2.15. The average molecular weight is 263 g/mol. The first-order chi connectivity index (χ1) is 8.69. The highest BCUT2D eigenvalue weighted by atomic mass is 32.2. The summed E-state index contributed by atoms with van der Waals surface area (Å²) in [6.45, 7) is 4.59. The normalized spacial score (nSPS) is 25.9. The molecule has 100 valence electrons. The van der Waals surface area contributed by atoms with Crippen LogP contribution in [0.2, 0.25) is 0 Å². The van der Waals surface area contributed by atoms with Gasteiger partial charge in [0.15, 0.2) is 0 Å². The third-order valence-electron chi connectivity index (χ3n) is 4.00. The van der Waals surface area contributed by atoms with E-state index in [2.05, 4.69) is 55.2 Å². The first-order valence-corrected chi connectivity index (χ1v) is 8.01. The molecule has 3 atom stereocenters. The van der Waals surface area contributed by atoms with Crippen molar-refractivity contribution in [1.82, 2.24) is 5.32 Å². The second-order valence-electron chi connectivity index (χ2n) is 5.59. The smallest absolute Gasteiger partial charge is 0.0289 e. The monoisotopic (exact) mass is 263 g/mol. The minimum atomic E-state index is 0.443. The van der Waals surface area contributed by atoms with Crippen LogP contribution in [-0.4, -0.2) is 12.3 Å². The maximum Gasteiger partial charge on any atom is 0.0289 e. The Balaban J connectivity index is 1.93. The highest BCUT2D eigenvalue weighted by Gasteiger charge is 2.19. The van der Waals surface area contributed by atoms with Crippen LogP contribution in [0.15, 0.2) is 29.2 Å². The van der Waals surface area contributed by atoms with Crippen LogP contribution in [-0.2, 0) is 0 Å². The van der Waals surface area contributed by atoms with E-state index in [9.17, 15) is 0 Å². The number of nitrogens with one attached hydrogen (secondary N) is 1. The second-order valence-corrected chi connectivity index (χ2v) is 6.96. The van der Waals surface area contributed by atoms with Gasteiger partial charge in [0.25, 0.3) is 0 Å². The van der Waals surface area contributed by atoms with E-state index in [1.165, 1.54) is 36.1 Å². The molecule has 2 rings (SSSR count). The zero-order valence-corrected chi connectivity index (χ0v) is 12.6. The minimum absolute atomic E-state index is 0.443. The molecule has 1 aliphatic rings. The molecule has 0 bridgehead atoms. The molecule has 2 heteroatoms. The van der Waals surface area contributed by atoms with Gasteiger partial charge >= 0.3 is 0 Å². The summed E-state index contributed by atoms with van der Waals surface area (Å²) in [6.07, 6.45) is 5.62. The maximum absolute atomic E-state index is 3.28. The summed E-state index contributed by atoms with van der Waals surface area (Å²) in [5.74, 6) is 0.917. The molecule has 0 amide bonds. The number of thioether (sulfide) groups is 1. The lowest BCUT2D eigenvalue weighted by atomic mass is 9.91. The summed E-state index contributed by atoms with van der Waals surface area (Å²) >= 11 is 2.08. The highest BCUT2D eigenvalue weighted by molar-refractivity contribution is 8.00. The number of hydrogen-bond donors (Lipinski definition) is 1. The molecule has 1 aromatic carbocycles. The lowest BCUT2D eigenvalue weighted by Gasteiger charge is -2.26. The Hall–Kier alpha value is -0.470. The molecule has 1 aliphatic carbocycles. The standard InChI is InChI=1S/C16H25NS/c1-12-5-4-6-16(11-12)18-15-9-7-14(8-10-15)13(2)17-3/h7-10,12-13,16-17H,4-6,11H2,1-3H3. The van der Waals surface area contributed by atoms with Crippen molar-refractivity contribution >= 4 is 11.8 Å². The van der Waals surface area contributed by atoms with E-state index in [4.69, 9.17) is 0 Å². The van der Waals surface area contributed by atoms with Crippen LogP contribution in [0, 0.1) is 5.92 Å². The van der Waals surface area contributed by atoms with E-state index in [-0.39, 0.29) is 0 Å². The van der Waals surface area contributed by atoms with Crippen LogP contribution in [0.1, 0.15) is 51.1 Å². The fraction of sp³-hybridized carbons (Fsp3) is 0.625. The van der Waals surface area contributed by atoms with Gasteiger partial charge in [-0.2, -0.15) is 0 Å². The minimum Gasteiger partial charge on any atom is -0.313 e. The quantitative estimate of drug-likeness (QED) is 0.849. The molecule has 0 spiro atoms. The van der Waals surface area contributed by atoms with Crippen molar-refractivity contribution in [3.63, 3.8) is 0 Å². The van der Waals surface area contributed by atoms with Crippen molar-refractivity contribution in [2.45, 2.75) is 55.7 Å². The van der Waals surface area contributed by atoms with Crippen LogP contribution in [0.4, 0.5) is 0 Å². The molecule has 1 aromatic rings. The van der Waals surface area contributed by atoms with Gasteiger partial charge in [0.2, 0.25) is 0 Å². The van der Waals surface area contributed by atoms with Gasteiger partial charge in [-0.3, -0.25) is 0 Å². The van der Waals surface area contributed by atoms with Crippen molar-refractivity contribution in [3.8, 4) is 0 Å². The van der Waals surface area contributed by atoms with Gasteiger partial charge in [0.1, 0.15) is 0 Å². The molecule has 1 N–H and O–H groups in total. The molecule has 0 aromatic heterocycles. The van der Waals surface area contributed by atoms with Crippen molar-refractivity contribution in [1.29, 1.82) is 0 Å². The zero-order chi connectivity index (χ0) is 13.0. The average Bonchev–Trinajstić information content (AvgIpc) is 2.39. The van der Waals surface area contributed by atoms with Crippen LogP contribution in [0.3, 0.4) is 0 Å². The van der Waals surface area contributed by atoms with E-state index in [1.807, 2.05) is 7.05 Å². The first-order valence-electron chi connectivity index (χ1n) is 7.13. The Morgan fingerprint density at radius 3 is 2.56 bits per heavy atom. The number of rotatable bonds is 4. The van der Waals surface area contributed by atoms with Crippen molar-refractivity contribution in [3.05, 3.63) is 29.8 Å². The van der Waals surface area contributed by atoms with E-state index >= 15 is 0 Å². The van der Waals surface area contributed by atoms with E-state index < -0.39 is 0 Å². The Morgan fingerprint density at radius 2 is 1.94 bits per heavy atom. The summed E-state index contributed by atoms with van der Waals surface area (Å²) in [4.78, 5) is 1.43. The molecule has 0 aliphatic heterocycles. The van der Waals surface area contributed by atoms with Crippen molar-refractivity contribution in [2.75, 3.05) is 7.05 Å². The highest BCUT2D eigenvalue weighted by Crippen LogP contribution is 2.36. The van der Waals surface area contributed by atoms with E-state index in [1.54, 1.807) is 0 Å². The molecule has 0 radical (unpaired) electrons. The molecule has 1 saturated carbocycles.